The van der Waals surface area contributed by atoms with Crippen molar-refractivity contribution in [2.24, 2.45) is 0 Å². The molecule has 3 nitrogen and oxygen atoms in total. The summed E-state index contributed by atoms with van der Waals surface area (Å²) in [5.41, 5.74) is 3.85. The molecule has 0 aromatic heterocycles. The maximum atomic E-state index is 5.22. The van der Waals surface area contributed by atoms with Crippen molar-refractivity contribution in [2.45, 2.75) is 20.3 Å². The van der Waals surface area contributed by atoms with E-state index < -0.39 is 0 Å². The van der Waals surface area contributed by atoms with Gasteiger partial charge in [0.1, 0.15) is 5.75 Å². The number of rotatable bonds is 8. The zero-order chi connectivity index (χ0) is 14.1. The predicted molar refractivity (Wildman–Crippen MR) is 80.7 cm³/mol. The van der Waals surface area contributed by atoms with Crippen LogP contribution in [0.1, 0.15) is 24.5 Å². The molecule has 0 aliphatic heterocycles. The molecule has 1 N–H and O–H groups in total. The van der Waals surface area contributed by atoms with E-state index in [4.69, 9.17) is 9.47 Å². The molecule has 3 heteroatoms. The Kier molecular flexibility index (Phi) is 7.23. The molecule has 1 rings (SSSR count). The number of allylic oxidation sites excluding steroid dienone is 1. The van der Waals surface area contributed by atoms with Crippen LogP contribution < -0.4 is 10.1 Å². The van der Waals surface area contributed by atoms with E-state index in [1.807, 2.05) is 6.07 Å². The molecule has 0 heterocycles. The Morgan fingerprint density at radius 3 is 2.68 bits per heavy atom. The van der Waals surface area contributed by atoms with Gasteiger partial charge >= 0.3 is 0 Å². The highest BCUT2D eigenvalue weighted by Crippen LogP contribution is 2.23. The van der Waals surface area contributed by atoms with Gasteiger partial charge in [-0.2, -0.15) is 0 Å². The van der Waals surface area contributed by atoms with E-state index in [1.54, 1.807) is 14.2 Å². The zero-order valence-electron chi connectivity index (χ0n) is 12.5. The lowest BCUT2D eigenvalue weighted by Crippen LogP contribution is -2.19. The third kappa shape index (κ3) is 5.45. The minimum Gasteiger partial charge on any atom is -0.497 e. The van der Waals surface area contributed by atoms with Crippen molar-refractivity contribution >= 4 is 5.57 Å². The average molecular weight is 263 g/mol. The number of hydrogen-bond acceptors (Lipinski definition) is 3. The summed E-state index contributed by atoms with van der Waals surface area (Å²) >= 11 is 0. The van der Waals surface area contributed by atoms with Gasteiger partial charge in [-0.25, -0.2) is 0 Å². The van der Waals surface area contributed by atoms with Gasteiger partial charge in [0.05, 0.1) is 13.7 Å². The smallest absolute Gasteiger partial charge is 0.119 e. The monoisotopic (exact) mass is 263 g/mol. The highest BCUT2D eigenvalue weighted by Gasteiger charge is 2.01. The van der Waals surface area contributed by atoms with E-state index in [0.717, 1.165) is 31.9 Å². The molecular weight excluding hydrogens is 238 g/mol. The summed E-state index contributed by atoms with van der Waals surface area (Å²) in [6.45, 7) is 6.93. The van der Waals surface area contributed by atoms with Crippen molar-refractivity contribution in [3.63, 3.8) is 0 Å². The van der Waals surface area contributed by atoms with E-state index in [9.17, 15) is 0 Å². The van der Waals surface area contributed by atoms with Gasteiger partial charge in [-0.05, 0) is 55.6 Å². The van der Waals surface area contributed by atoms with Gasteiger partial charge in [0.25, 0.3) is 0 Å². The molecule has 0 bridgehead atoms. The predicted octanol–water partition coefficient (Wildman–Crippen LogP) is 3.03. The first kappa shape index (κ1) is 15.7. The number of aryl methyl sites for hydroxylation is 1. The summed E-state index contributed by atoms with van der Waals surface area (Å²) in [7, 11) is 3.42. The molecule has 0 fully saturated rings. The van der Waals surface area contributed by atoms with Crippen LogP contribution in [0.4, 0.5) is 0 Å². The molecule has 0 aliphatic rings. The highest BCUT2D eigenvalue weighted by molar-refractivity contribution is 5.67. The first-order valence-electron chi connectivity index (χ1n) is 6.70. The van der Waals surface area contributed by atoms with Crippen molar-refractivity contribution in [2.75, 3.05) is 33.9 Å². The molecule has 0 saturated heterocycles. The highest BCUT2D eigenvalue weighted by atomic mass is 16.5. The maximum Gasteiger partial charge on any atom is 0.119 e. The number of ether oxygens (including phenoxy) is 2. The van der Waals surface area contributed by atoms with Gasteiger partial charge in [-0.1, -0.05) is 12.1 Å². The van der Waals surface area contributed by atoms with Gasteiger partial charge in [0, 0.05) is 13.7 Å². The van der Waals surface area contributed by atoms with Crippen LogP contribution in [0.15, 0.2) is 24.3 Å². The fourth-order valence-electron chi connectivity index (χ4n) is 2.01. The van der Waals surface area contributed by atoms with Crippen LogP contribution in [0.25, 0.3) is 5.57 Å². The summed E-state index contributed by atoms with van der Waals surface area (Å²) in [6.07, 6.45) is 3.30. The number of methoxy groups -OCH3 is 2. The Morgan fingerprint density at radius 1 is 1.26 bits per heavy atom. The average Bonchev–Trinajstić information content (AvgIpc) is 2.42. The SMILES string of the molecule is COCCNCCC=C(C)c1ccc(OC)cc1C. The lowest BCUT2D eigenvalue weighted by Gasteiger charge is -2.09. The molecule has 1 aromatic carbocycles. The van der Waals surface area contributed by atoms with Crippen LogP contribution in [0, 0.1) is 6.92 Å². The van der Waals surface area contributed by atoms with Crippen LogP contribution in [0.2, 0.25) is 0 Å². The molecule has 19 heavy (non-hydrogen) atoms. The summed E-state index contributed by atoms with van der Waals surface area (Å²) in [5, 5.41) is 3.34. The van der Waals surface area contributed by atoms with Crippen LogP contribution >= 0.6 is 0 Å². The summed E-state index contributed by atoms with van der Waals surface area (Å²) < 4.78 is 10.2. The first-order valence-corrected chi connectivity index (χ1v) is 6.70. The number of nitrogens with one attached hydrogen (secondary N) is 1. The molecule has 0 saturated carbocycles. The van der Waals surface area contributed by atoms with Crippen LogP contribution in [0.5, 0.6) is 5.75 Å². The zero-order valence-corrected chi connectivity index (χ0v) is 12.5. The van der Waals surface area contributed by atoms with Crippen molar-refractivity contribution in [1.82, 2.24) is 5.32 Å². The van der Waals surface area contributed by atoms with Crippen LogP contribution in [-0.4, -0.2) is 33.9 Å². The molecule has 106 valence electrons. The second-order valence-electron chi connectivity index (χ2n) is 4.60. The lowest BCUT2D eigenvalue weighted by molar-refractivity contribution is 0.199. The van der Waals surface area contributed by atoms with Crippen LogP contribution in [-0.2, 0) is 4.74 Å². The molecule has 0 unspecified atom stereocenters. The van der Waals surface area contributed by atoms with Crippen molar-refractivity contribution in [3.05, 3.63) is 35.4 Å². The molecule has 1 aromatic rings. The molecule has 0 radical (unpaired) electrons. The summed E-state index contributed by atoms with van der Waals surface area (Å²) in [6, 6.07) is 6.21. The number of hydrogen-bond donors (Lipinski definition) is 1. The normalized spacial score (nSPS) is 11.7. The van der Waals surface area contributed by atoms with Crippen molar-refractivity contribution < 1.29 is 9.47 Å². The Hall–Kier alpha value is -1.32. The first-order chi connectivity index (χ1) is 9.19. The second kappa shape index (κ2) is 8.73. The Bertz CT molecular complexity index is 413. The molecular formula is C16H25NO2. The lowest BCUT2D eigenvalue weighted by atomic mass is 10.0. The number of benzene rings is 1. The largest absolute Gasteiger partial charge is 0.497 e. The summed E-state index contributed by atoms with van der Waals surface area (Å²) in [5.74, 6) is 0.912. The third-order valence-corrected chi connectivity index (χ3v) is 3.11. The van der Waals surface area contributed by atoms with Gasteiger partial charge in [0.2, 0.25) is 0 Å². The van der Waals surface area contributed by atoms with E-state index >= 15 is 0 Å². The standard InChI is InChI=1S/C16H25NO2/c1-13(6-5-9-17-10-11-18-3)16-8-7-15(19-4)12-14(16)2/h6-8,12,17H,5,9-11H2,1-4H3. The Morgan fingerprint density at radius 2 is 2.05 bits per heavy atom. The Balaban J connectivity index is 2.50. The van der Waals surface area contributed by atoms with Gasteiger partial charge in [-0.15, -0.1) is 0 Å². The van der Waals surface area contributed by atoms with Crippen molar-refractivity contribution in [3.8, 4) is 5.75 Å². The van der Waals surface area contributed by atoms with Gasteiger partial charge in [0.15, 0.2) is 0 Å². The molecule has 0 aliphatic carbocycles. The molecule has 0 spiro atoms. The van der Waals surface area contributed by atoms with Crippen LogP contribution in [0.3, 0.4) is 0 Å². The third-order valence-electron chi connectivity index (χ3n) is 3.11. The topological polar surface area (TPSA) is 30.5 Å². The molecule has 0 atom stereocenters. The van der Waals surface area contributed by atoms with E-state index in [0.29, 0.717) is 0 Å². The minimum atomic E-state index is 0.764. The molecule has 0 amide bonds. The summed E-state index contributed by atoms with van der Waals surface area (Å²) in [4.78, 5) is 0. The minimum absolute atomic E-state index is 0.764. The van der Waals surface area contributed by atoms with Gasteiger partial charge < -0.3 is 14.8 Å². The maximum absolute atomic E-state index is 5.22. The fraction of sp³-hybridized carbons (Fsp3) is 0.500. The van der Waals surface area contributed by atoms with E-state index in [1.165, 1.54) is 16.7 Å². The van der Waals surface area contributed by atoms with E-state index in [2.05, 4.69) is 37.4 Å². The van der Waals surface area contributed by atoms with Crippen molar-refractivity contribution in [1.29, 1.82) is 0 Å². The van der Waals surface area contributed by atoms with E-state index in [-0.39, 0.29) is 0 Å². The van der Waals surface area contributed by atoms with Gasteiger partial charge in [-0.3, -0.25) is 0 Å². The second-order valence-corrected chi connectivity index (χ2v) is 4.60. The quantitative estimate of drug-likeness (QED) is 0.731. The Labute approximate surface area is 116 Å². The fourth-order valence-corrected chi connectivity index (χ4v) is 2.01.